The molecule has 2 rings (SSSR count). The molecule has 1 heterocycles. The molecule has 1 aromatic rings. The van der Waals surface area contributed by atoms with Crippen molar-refractivity contribution in [2.24, 2.45) is 0 Å². The Hall–Kier alpha value is -0.580. The topological polar surface area (TPSA) is 15.7 Å². The number of nitrogens with zero attached hydrogens (tertiary/aromatic N) is 2. The number of rotatable bonds is 7. The highest BCUT2D eigenvalue weighted by Gasteiger charge is 2.15. The largest absolute Gasteiger partial charge is 0.494 e. The van der Waals surface area contributed by atoms with Crippen molar-refractivity contribution in [3.05, 3.63) is 30.3 Å². The molecule has 0 atom stereocenters. The molecule has 1 aliphatic rings. The molecule has 0 aromatic heterocycles. The maximum atomic E-state index is 5.71. The third-order valence-electron chi connectivity index (χ3n) is 3.50. The standard InChI is InChI=1S/C15H23BrN2O/c16-7-9-18-12-10-17(11-13-18)8-4-14-19-15-5-2-1-3-6-15/h1-3,5-6H,4,7-14H2. The lowest BCUT2D eigenvalue weighted by molar-refractivity contribution is 0.131. The fourth-order valence-corrected chi connectivity index (χ4v) is 2.85. The summed E-state index contributed by atoms with van der Waals surface area (Å²) < 4.78 is 5.71. The maximum Gasteiger partial charge on any atom is 0.119 e. The first kappa shape index (κ1) is 14.8. The number of alkyl halides is 1. The summed E-state index contributed by atoms with van der Waals surface area (Å²) in [4.78, 5) is 5.06. The average molecular weight is 327 g/mol. The second-order valence-corrected chi connectivity index (χ2v) is 5.68. The molecule has 0 radical (unpaired) electrons. The van der Waals surface area contributed by atoms with Crippen molar-refractivity contribution in [2.75, 3.05) is 51.2 Å². The highest BCUT2D eigenvalue weighted by atomic mass is 79.9. The number of halogens is 1. The second kappa shape index (κ2) is 8.56. The van der Waals surface area contributed by atoms with Gasteiger partial charge in [-0.1, -0.05) is 34.1 Å². The number of piperazine rings is 1. The van der Waals surface area contributed by atoms with Crippen molar-refractivity contribution in [3.63, 3.8) is 0 Å². The van der Waals surface area contributed by atoms with E-state index in [2.05, 4.69) is 25.7 Å². The molecule has 4 heteroatoms. The van der Waals surface area contributed by atoms with Crippen LogP contribution < -0.4 is 4.74 Å². The molecular weight excluding hydrogens is 304 g/mol. The number of para-hydroxylation sites is 1. The molecule has 1 fully saturated rings. The van der Waals surface area contributed by atoms with Crippen LogP contribution in [-0.4, -0.2) is 61.0 Å². The monoisotopic (exact) mass is 326 g/mol. The van der Waals surface area contributed by atoms with Crippen molar-refractivity contribution in [3.8, 4) is 5.75 Å². The fourth-order valence-electron chi connectivity index (χ4n) is 2.35. The lowest BCUT2D eigenvalue weighted by Gasteiger charge is -2.34. The zero-order valence-electron chi connectivity index (χ0n) is 11.4. The van der Waals surface area contributed by atoms with E-state index in [-0.39, 0.29) is 0 Å². The summed E-state index contributed by atoms with van der Waals surface area (Å²) in [5.74, 6) is 0.977. The van der Waals surface area contributed by atoms with Gasteiger partial charge in [0.25, 0.3) is 0 Å². The Morgan fingerprint density at radius 3 is 2.21 bits per heavy atom. The molecule has 0 spiro atoms. The molecule has 3 nitrogen and oxygen atoms in total. The minimum absolute atomic E-state index is 0.811. The van der Waals surface area contributed by atoms with E-state index in [0.29, 0.717) is 0 Å². The van der Waals surface area contributed by atoms with E-state index < -0.39 is 0 Å². The average Bonchev–Trinajstić information content (AvgIpc) is 2.47. The van der Waals surface area contributed by atoms with Crippen molar-refractivity contribution in [1.82, 2.24) is 9.80 Å². The summed E-state index contributed by atoms with van der Waals surface area (Å²) in [7, 11) is 0. The lowest BCUT2D eigenvalue weighted by Crippen LogP contribution is -2.47. The summed E-state index contributed by atoms with van der Waals surface area (Å²) in [5.41, 5.74) is 0. The minimum Gasteiger partial charge on any atom is -0.494 e. The van der Waals surface area contributed by atoms with Crippen LogP contribution in [0.1, 0.15) is 6.42 Å². The van der Waals surface area contributed by atoms with Gasteiger partial charge < -0.3 is 9.64 Å². The number of hydrogen-bond donors (Lipinski definition) is 0. The molecule has 1 saturated heterocycles. The van der Waals surface area contributed by atoms with Crippen molar-refractivity contribution in [1.29, 1.82) is 0 Å². The molecular formula is C15H23BrN2O. The Balaban J connectivity index is 1.55. The second-order valence-electron chi connectivity index (χ2n) is 4.89. The first-order chi connectivity index (χ1) is 9.38. The van der Waals surface area contributed by atoms with E-state index in [1.807, 2.05) is 30.3 Å². The van der Waals surface area contributed by atoms with E-state index in [4.69, 9.17) is 4.74 Å². The van der Waals surface area contributed by atoms with E-state index >= 15 is 0 Å². The number of hydrogen-bond acceptors (Lipinski definition) is 3. The van der Waals surface area contributed by atoms with Gasteiger partial charge in [-0.15, -0.1) is 0 Å². The summed E-state index contributed by atoms with van der Waals surface area (Å²) in [5, 5.41) is 1.08. The van der Waals surface area contributed by atoms with Crippen molar-refractivity contribution < 1.29 is 4.74 Å². The lowest BCUT2D eigenvalue weighted by atomic mass is 10.3. The van der Waals surface area contributed by atoms with Gasteiger partial charge in [0, 0.05) is 44.6 Å². The van der Waals surface area contributed by atoms with E-state index in [1.165, 1.54) is 32.7 Å². The van der Waals surface area contributed by atoms with Gasteiger partial charge >= 0.3 is 0 Å². The Labute approximate surface area is 124 Å². The number of ether oxygens (including phenoxy) is 1. The Morgan fingerprint density at radius 1 is 0.947 bits per heavy atom. The van der Waals surface area contributed by atoms with Gasteiger partial charge in [0.05, 0.1) is 6.61 Å². The van der Waals surface area contributed by atoms with E-state index in [9.17, 15) is 0 Å². The Morgan fingerprint density at radius 2 is 1.58 bits per heavy atom. The van der Waals surface area contributed by atoms with Crippen LogP contribution in [-0.2, 0) is 0 Å². The molecule has 0 saturated carbocycles. The molecule has 1 aromatic carbocycles. The van der Waals surface area contributed by atoms with Gasteiger partial charge in [-0.2, -0.15) is 0 Å². The van der Waals surface area contributed by atoms with Crippen molar-refractivity contribution >= 4 is 15.9 Å². The van der Waals surface area contributed by atoms with Gasteiger partial charge in [0.1, 0.15) is 5.75 Å². The van der Waals surface area contributed by atoms with Crippen LogP contribution in [0.15, 0.2) is 30.3 Å². The first-order valence-corrected chi connectivity index (χ1v) is 8.19. The fraction of sp³-hybridized carbons (Fsp3) is 0.600. The molecule has 0 bridgehead atoms. The highest BCUT2D eigenvalue weighted by Crippen LogP contribution is 2.09. The van der Waals surface area contributed by atoms with Gasteiger partial charge in [-0.3, -0.25) is 4.90 Å². The van der Waals surface area contributed by atoms with Gasteiger partial charge in [0.15, 0.2) is 0 Å². The zero-order valence-corrected chi connectivity index (χ0v) is 13.0. The molecule has 106 valence electrons. The van der Waals surface area contributed by atoms with Crippen LogP contribution in [0.4, 0.5) is 0 Å². The smallest absolute Gasteiger partial charge is 0.119 e. The number of benzene rings is 1. The Bertz CT molecular complexity index is 339. The van der Waals surface area contributed by atoms with Crippen LogP contribution in [0.2, 0.25) is 0 Å². The highest BCUT2D eigenvalue weighted by molar-refractivity contribution is 9.09. The predicted molar refractivity (Wildman–Crippen MR) is 83.2 cm³/mol. The molecule has 0 amide bonds. The normalized spacial score (nSPS) is 17.5. The minimum atomic E-state index is 0.811. The Kier molecular flexibility index (Phi) is 6.68. The summed E-state index contributed by atoms with van der Waals surface area (Å²) in [6.07, 6.45) is 1.10. The van der Waals surface area contributed by atoms with Crippen LogP contribution in [0, 0.1) is 0 Å². The summed E-state index contributed by atoms with van der Waals surface area (Å²) in [6, 6.07) is 10.1. The maximum absolute atomic E-state index is 5.71. The first-order valence-electron chi connectivity index (χ1n) is 7.07. The van der Waals surface area contributed by atoms with Gasteiger partial charge in [-0.05, 0) is 18.6 Å². The zero-order chi connectivity index (χ0) is 13.3. The summed E-state index contributed by atoms with van der Waals surface area (Å²) >= 11 is 3.50. The van der Waals surface area contributed by atoms with Crippen LogP contribution in [0.5, 0.6) is 5.75 Å². The molecule has 19 heavy (non-hydrogen) atoms. The summed E-state index contributed by atoms with van der Waals surface area (Å²) in [6.45, 7) is 7.92. The molecule has 1 aliphatic heterocycles. The predicted octanol–water partition coefficient (Wildman–Crippen LogP) is 2.47. The third kappa shape index (κ3) is 5.51. The van der Waals surface area contributed by atoms with Gasteiger partial charge in [0.2, 0.25) is 0 Å². The third-order valence-corrected chi connectivity index (χ3v) is 3.85. The van der Waals surface area contributed by atoms with Gasteiger partial charge in [-0.25, -0.2) is 0 Å². The molecule has 0 aliphatic carbocycles. The molecule has 0 unspecified atom stereocenters. The van der Waals surface area contributed by atoms with E-state index in [1.54, 1.807) is 0 Å². The van der Waals surface area contributed by atoms with E-state index in [0.717, 1.165) is 30.7 Å². The van der Waals surface area contributed by atoms with Crippen molar-refractivity contribution in [2.45, 2.75) is 6.42 Å². The quantitative estimate of drug-likeness (QED) is 0.565. The van der Waals surface area contributed by atoms with Crippen LogP contribution in [0.3, 0.4) is 0 Å². The van der Waals surface area contributed by atoms with Crippen LogP contribution in [0.25, 0.3) is 0 Å². The molecule has 0 N–H and O–H groups in total. The SMILES string of the molecule is BrCCN1CCN(CCCOc2ccccc2)CC1. The van der Waals surface area contributed by atoms with Crippen LogP contribution >= 0.6 is 15.9 Å².